The Hall–Kier alpha value is -2.21. The summed E-state index contributed by atoms with van der Waals surface area (Å²) >= 11 is 0. The minimum atomic E-state index is -0.0957. The van der Waals surface area contributed by atoms with Gasteiger partial charge < -0.3 is 10.2 Å². The van der Waals surface area contributed by atoms with Gasteiger partial charge in [-0.2, -0.15) is 5.10 Å². The number of carbonyl (C=O) groups is 2. The minimum Gasteiger partial charge on any atom is -0.349 e. The highest BCUT2D eigenvalue weighted by Gasteiger charge is 2.54. The Balaban J connectivity index is 0.971. The number of piperidine rings is 1. The number of hydrogen-bond donors (Lipinski definition) is 1. The van der Waals surface area contributed by atoms with Gasteiger partial charge in [0.2, 0.25) is 0 Å². The highest BCUT2D eigenvalue weighted by molar-refractivity contribution is 6.04. The topological polar surface area (TPSA) is 67.2 Å². The summed E-state index contributed by atoms with van der Waals surface area (Å²) in [5.41, 5.74) is 1.58. The molecular formula is C30H42N4O2. The van der Waals surface area contributed by atoms with Crippen LogP contribution in [-0.4, -0.2) is 52.5 Å². The van der Waals surface area contributed by atoms with Crippen molar-refractivity contribution >= 4 is 22.6 Å². The molecule has 7 rings (SSSR count). The highest BCUT2D eigenvalue weighted by Crippen LogP contribution is 2.60. The van der Waals surface area contributed by atoms with Crippen LogP contribution < -0.4 is 5.32 Å². The molecule has 0 atom stereocenters. The number of likely N-dealkylation sites (tertiary alicyclic amines) is 1. The number of Topliss-reactive ketones (excluding diaryl/α,β-unsaturated/α-hetero) is 1. The summed E-state index contributed by atoms with van der Waals surface area (Å²) in [5, 5.41) is 8.63. The number of ketones is 1. The minimum absolute atomic E-state index is 0.0584. The van der Waals surface area contributed by atoms with Crippen LogP contribution in [0.15, 0.2) is 24.3 Å². The number of amides is 1. The van der Waals surface area contributed by atoms with Gasteiger partial charge in [-0.3, -0.25) is 14.3 Å². The maximum absolute atomic E-state index is 13.5. The summed E-state index contributed by atoms with van der Waals surface area (Å²) < 4.78 is 1.93. The molecule has 4 aliphatic carbocycles. The van der Waals surface area contributed by atoms with Crippen LogP contribution in [0.1, 0.15) is 88.2 Å². The van der Waals surface area contributed by atoms with Gasteiger partial charge in [-0.25, -0.2) is 0 Å². The van der Waals surface area contributed by atoms with E-state index in [9.17, 15) is 9.59 Å². The van der Waals surface area contributed by atoms with E-state index in [1.807, 2.05) is 28.9 Å². The van der Waals surface area contributed by atoms with Crippen molar-refractivity contribution < 1.29 is 9.59 Å². The van der Waals surface area contributed by atoms with E-state index in [4.69, 9.17) is 0 Å². The predicted octanol–water partition coefficient (Wildman–Crippen LogP) is 5.23. The number of aromatic nitrogens is 2. The van der Waals surface area contributed by atoms with Gasteiger partial charge in [-0.1, -0.05) is 18.2 Å². The number of para-hydroxylation sites is 1. The monoisotopic (exact) mass is 490 g/mol. The summed E-state index contributed by atoms with van der Waals surface area (Å²) in [6.45, 7) is 7.70. The van der Waals surface area contributed by atoms with Crippen LogP contribution >= 0.6 is 0 Å². The number of fused-ring (bicyclic) bond motifs is 1. The lowest BCUT2D eigenvalue weighted by molar-refractivity contribution is -0.145. The molecule has 1 aliphatic heterocycles. The largest absolute Gasteiger partial charge is 0.349 e. The molecule has 0 radical (unpaired) electrons. The second-order valence-electron chi connectivity index (χ2n) is 12.8. The van der Waals surface area contributed by atoms with E-state index in [-0.39, 0.29) is 17.4 Å². The van der Waals surface area contributed by atoms with Gasteiger partial charge in [0.1, 0.15) is 5.78 Å². The van der Waals surface area contributed by atoms with Gasteiger partial charge in [0, 0.05) is 36.4 Å². The highest BCUT2D eigenvalue weighted by atomic mass is 16.2. The first-order valence-electron chi connectivity index (χ1n) is 14.4. The summed E-state index contributed by atoms with van der Waals surface area (Å²) in [6.07, 6.45) is 10.8. The molecule has 1 amide bonds. The van der Waals surface area contributed by atoms with Crippen molar-refractivity contribution in [1.29, 1.82) is 0 Å². The Bertz CT molecular complexity index is 1090. The second-order valence-corrected chi connectivity index (χ2v) is 12.8. The lowest BCUT2D eigenvalue weighted by Crippen LogP contribution is -2.50. The number of nitrogens with zero attached hydrogens (tertiary/aromatic N) is 3. The second kappa shape index (κ2) is 9.59. The van der Waals surface area contributed by atoms with Crippen LogP contribution in [0.4, 0.5) is 0 Å². The van der Waals surface area contributed by atoms with Crippen LogP contribution in [0.25, 0.3) is 10.9 Å². The molecule has 36 heavy (non-hydrogen) atoms. The van der Waals surface area contributed by atoms with Crippen LogP contribution in [0.3, 0.4) is 0 Å². The van der Waals surface area contributed by atoms with Crippen molar-refractivity contribution in [3.63, 3.8) is 0 Å². The van der Waals surface area contributed by atoms with Crippen LogP contribution in [0, 0.1) is 29.1 Å². The molecule has 1 saturated heterocycles. The Morgan fingerprint density at radius 2 is 1.67 bits per heavy atom. The molecule has 6 heteroatoms. The normalized spacial score (nSPS) is 30.4. The molecule has 2 aromatic rings. The Labute approximate surface area is 215 Å². The van der Waals surface area contributed by atoms with E-state index in [1.165, 1.54) is 38.5 Å². The lowest BCUT2D eigenvalue weighted by atomic mass is 9.48. The molecule has 1 aromatic carbocycles. The first-order chi connectivity index (χ1) is 17.4. The molecule has 4 saturated carbocycles. The summed E-state index contributed by atoms with van der Waals surface area (Å²) in [5.74, 6) is 3.59. The number of hydrogen-bond acceptors (Lipinski definition) is 4. The third kappa shape index (κ3) is 4.51. The Kier molecular flexibility index (Phi) is 6.43. The van der Waals surface area contributed by atoms with Crippen molar-refractivity contribution in [2.24, 2.45) is 29.1 Å². The molecule has 1 aromatic heterocycles. The van der Waals surface area contributed by atoms with E-state index in [2.05, 4.69) is 29.2 Å². The molecule has 0 spiro atoms. The standard InChI is InChI=1S/C30H42N4O2/c1-20(2)34-26-6-4-3-5-25(26)28(32-34)29(36)31-9-12-33-10-7-21(8-11-33)16-27(35)30-17-22-13-23(18-30)15-24(14-22)19-30/h3-6,20-24H,7-19H2,1-2H3,(H,31,36). The zero-order valence-corrected chi connectivity index (χ0v) is 22.0. The van der Waals surface area contributed by atoms with E-state index in [1.54, 1.807) is 0 Å². The number of rotatable bonds is 8. The average molecular weight is 491 g/mol. The summed E-state index contributed by atoms with van der Waals surface area (Å²) in [6, 6.07) is 8.16. The molecule has 4 bridgehead atoms. The quantitative estimate of drug-likeness (QED) is 0.550. The van der Waals surface area contributed by atoms with E-state index in [0.29, 0.717) is 23.9 Å². The van der Waals surface area contributed by atoms with Gasteiger partial charge in [0.25, 0.3) is 5.91 Å². The van der Waals surface area contributed by atoms with Gasteiger partial charge in [-0.15, -0.1) is 0 Å². The number of carbonyl (C=O) groups excluding carboxylic acids is 2. The average Bonchev–Trinajstić information content (AvgIpc) is 3.24. The predicted molar refractivity (Wildman–Crippen MR) is 142 cm³/mol. The van der Waals surface area contributed by atoms with Crippen molar-refractivity contribution in [2.75, 3.05) is 26.2 Å². The zero-order chi connectivity index (χ0) is 24.9. The van der Waals surface area contributed by atoms with Crippen molar-refractivity contribution in [2.45, 2.75) is 77.7 Å². The first kappa shape index (κ1) is 24.1. The summed E-state index contributed by atoms with van der Waals surface area (Å²) in [7, 11) is 0. The fourth-order valence-electron chi connectivity index (χ4n) is 8.41. The SMILES string of the molecule is CC(C)n1nc(C(=O)NCCN2CCC(CC(=O)C34CC5CC(CC(C5)C3)C4)CC2)c2ccccc21. The first-order valence-corrected chi connectivity index (χ1v) is 14.4. The van der Waals surface area contributed by atoms with E-state index in [0.717, 1.165) is 67.6 Å². The molecular weight excluding hydrogens is 448 g/mol. The fourth-order valence-corrected chi connectivity index (χ4v) is 8.41. The molecule has 0 unspecified atom stereocenters. The van der Waals surface area contributed by atoms with Crippen molar-refractivity contribution in [1.82, 2.24) is 20.0 Å². The van der Waals surface area contributed by atoms with Crippen molar-refractivity contribution in [3.8, 4) is 0 Å². The molecule has 5 fully saturated rings. The molecule has 1 N–H and O–H groups in total. The lowest BCUT2D eigenvalue weighted by Gasteiger charge is -2.56. The van der Waals surface area contributed by atoms with E-state index >= 15 is 0 Å². The maximum atomic E-state index is 13.5. The smallest absolute Gasteiger partial charge is 0.272 e. The van der Waals surface area contributed by atoms with Crippen LogP contribution in [-0.2, 0) is 4.79 Å². The van der Waals surface area contributed by atoms with Gasteiger partial charge in [0.05, 0.1) is 5.52 Å². The number of nitrogens with one attached hydrogen (secondary N) is 1. The van der Waals surface area contributed by atoms with Crippen LogP contribution in [0.2, 0.25) is 0 Å². The van der Waals surface area contributed by atoms with Crippen LogP contribution in [0.5, 0.6) is 0 Å². The molecule has 5 aliphatic rings. The van der Waals surface area contributed by atoms with Gasteiger partial charge in [0.15, 0.2) is 5.69 Å². The summed E-state index contributed by atoms with van der Waals surface area (Å²) in [4.78, 5) is 28.9. The third-order valence-corrected chi connectivity index (χ3v) is 9.84. The van der Waals surface area contributed by atoms with E-state index < -0.39 is 0 Å². The molecule has 194 valence electrons. The Morgan fingerprint density at radius 1 is 1.03 bits per heavy atom. The third-order valence-electron chi connectivity index (χ3n) is 9.84. The zero-order valence-electron chi connectivity index (χ0n) is 22.0. The van der Waals surface area contributed by atoms with Gasteiger partial charge in [-0.05, 0) is 108 Å². The fraction of sp³-hybridized carbons (Fsp3) is 0.700. The van der Waals surface area contributed by atoms with Crippen molar-refractivity contribution in [3.05, 3.63) is 30.0 Å². The number of benzene rings is 1. The Morgan fingerprint density at radius 3 is 2.31 bits per heavy atom. The maximum Gasteiger partial charge on any atom is 0.272 e. The molecule has 2 heterocycles. The molecule has 6 nitrogen and oxygen atoms in total. The van der Waals surface area contributed by atoms with Gasteiger partial charge >= 0.3 is 0 Å².